The lowest BCUT2D eigenvalue weighted by molar-refractivity contribution is -0.137. The van der Waals surface area contributed by atoms with Crippen molar-refractivity contribution >= 4 is 17.7 Å². The van der Waals surface area contributed by atoms with Crippen LogP contribution in [0.25, 0.3) is 11.7 Å². The van der Waals surface area contributed by atoms with Gasteiger partial charge in [-0.1, -0.05) is 12.1 Å². The van der Waals surface area contributed by atoms with Gasteiger partial charge in [0.05, 0.1) is 6.61 Å². The molecule has 0 aliphatic rings. The zero-order valence-corrected chi connectivity index (χ0v) is 17.2. The van der Waals surface area contributed by atoms with E-state index in [0.717, 1.165) is 16.7 Å². The fraction of sp³-hybridized carbons (Fsp3) is 0.217. The molecule has 152 valence electrons. The molecule has 0 atom stereocenters. The third kappa shape index (κ3) is 4.23. The average Bonchev–Trinajstić information content (AvgIpc) is 2.68. The highest BCUT2D eigenvalue weighted by Gasteiger charge is 2.18. The van der Waals surface area contributed by atoms with Gasteiger partial charge in [0, 0.05) is 6.20 Å². The van der Waals surface area contributed by atoms with Gasteiger partial charge in [-0.3, -0.25) is 9.20 Å². The number of fused-ring (bicyclic) bond motifs is 1. The van der Waals surface area contributed by atoms with Crippen molar-refractivity contribution < 1.29 is 14.3 Å². The number of ether oxygens (including phenoxy) is 2. The predicted molar refractivity (Wildman–Crippen MR) is 112 cm³/mol. The largest absolute Gasteiger partial charge is 0.462 e. The first-order chi connectivity index (χ1) is 14.3. The van der Waals surface area contributed by atoms with Crippen LogP contribution in [-0.2, 0) is 9.53 Å². The maximum Gasteiger partial charge on any atom is 0.348 e. The van der Waals surface area contributed by atoms with Gasteiger partial charge >= 0.3 is 5.97 Å². The Morgan fingerprint density at radius 1 is 1.23 bits per heavy atom. The van der Waals surface area contributed by atoms with E-state index in [-0.39, 0.29) is 23.6 Å². The third-order valence-electron chi connectivity index (χ3n) is 4.36. The number of aromatic nitrogens is 2. The fourth-order valence-electron chi connectivity index (χ4n) is 3.09. The number of hydrogen-bond acceptors (Lipinski definition) is 6. The van der Waals surface area contributed by atoms with E-state index in [1.54, 1.807) is 25.3 Å². The molecule has 7 heteroatoms. The van der Waals surface area contributed by atoms with Crippen molar-refractivity contribution in [1.29, 1.82) is 5.26 Å². The number of aryl methyl sites for hydroxylation is 3. The van der Waals surface area contributed by atoms with E-state index in [2.05, 4.69) is 4.98 Å². The molecule has 1 aromatic carbocycles. The van der Waals surface area contributed by atoms with Gasteiger partial charge in [-0.25, -0.2) is 4.79 Å². The Balaban J connectivity index is 2.27. The molecular weight excluding hydrogens is 382 g/mol. The van der Waals surface area contributed by atoms with Crippen molar-refractivity contribution in [3.63, 3.8) is 0 Å². The summed E-state index contributed by atoms with van der Waals surface area (Å²) in [6, 6.07) is 11.0. The molecule has 0 spiro atoms. The maximum absolute atomic E-state index is 13.2. The van der Waals surface area contributed by atoms with Crippen LogP contribution in [0.5, 0.6) is 11.6 Å². The lowest BCUT2D eigenvalue weighted by Gasteiger charge is -2.12. The minimum Gasteiger partial charge on any atom is -0.462 e. The number of esters is 1. The summed E-state index contributed by atoms with van der Waals surface area (Å²) < 4.78 is 12.2. The summed E-state index contributed by atoms with van der Waals surface area (Å²) in [4.78, 5) is 29.8. The Hall–Kier alpha value is -3.92. The van der Waals surface area contributed by atoms with Crippen LogP contribution in [-0.4, -0.2) is 22.0 Å². The Kier molecular flexibility index (Phi) is 5.98. The second kappa shape index (κ2) is 8.62. The molecule has 0 bridgehead atoms. The number of nitrogens with zero attached hydrogens (tertiary/aromatic N) is 3. The first-order valence-electron chi connectivity index (χ1n) is 9.41. The molecule has 3 aromatic rings. The van der Waals surface area contributed by atoms with E-state index in [1.807, 2.05) is 45.0 Å². The molecule has 0 N–H and O–H groups in total. The van der Waals surface area contributed by atoms with Crippen molar-refractivity contribution in [3.05, 3.63) is 74.7 Å². The molecule has 0 saturated heterocycles. The molecule has 0 aliphatic carbocycles. The lowest BCUT2D eigenvalue weighted by Crippen LogP contribution is -2.20. The van der Waals surface area contributed by atoms with E-state index in [1.165, 1.54) is 10.5 Å². The van der Waals surface area contributed by atoms with Crippen molar-refractivity contribution in [2.24, 2.45) is 0 Å². The van der Waals surface area contributed by atoms with Gasteiger partial charge in [0.25, 0.3) is 5.56 Å². The molecule has 0 saturated carbocycles. The smallest absolute Gasteiger partial charge is 0.348 e. The van der Waals surface area contributed by atoms with Crippen LogP contribution in [0.15, 0.2) is 46.9 Å². The summed E-state index contributed by atoms with van der Waals surface area (Å²) in [7, 11) is 0. The van der Waals surface area contributed by atoms with Crippen LogP contribution < -0.4 is 10.3 Å². The number of benzene rings is 1. The minimum absolute atomic E-state index is 0.0105. The zero-order chi connectivity index (χ0) is 21.8. The zero-order valence-electron chi connectivity index (χ0n) is 17.2. The Morgan fingerprint density at radius 2 is 1.93 bits per heavy atom. The number of hydrogen-bond donors (Lipinski definition) is 0. The van der Waals surface area contributed by atoms with Gasteiger partial charge in [-0.15, -0.1) is 0 Å². The summed E-state index contributed by atoms with van der Waals surface area (Å²) in [6.45, 7) is 7.44. The number of rotatable bonds is 5. The van der Waals surface area contributed by atoms with E-state index < -0.39 is 11.5 Å². The highest BCUT2D eigenvalue weighted by Crippen LogP contribution is 2.26. The number of nitriles is 1. The van der Waals surface area contributed by atoms with Crippen molar-refractivity contribution in [1.82, 2.24) is 9.38 Å². The lowest BCUT2D eigenvalue weighted by atomic mass is 10.1. The number of carbonyl (C=O) groups is 1. The van der Waals surface area contributed by atoms with Crippen LogP contribution in [0.3, 0.4) is 0 Å². The Bertz CT molecular complexity index is 1250. The van der Waals surface area contributed by atoms with Crippen molar-refractivity contribution in [2.75, 3.05) is 6.61 Å². The number of carbonyl (C=O) groups excluding carboxylic acids is 1. The standard InChI is InChI=1S/C23H21N3O4/c1-5-29-23(28)17(13-24)12-19-21(30-18-10-14(2)9-15(3)11-18)25-20-16(4)7-6-8-26(20)22(19)27/h6-12H,5H2,1-4H3/b17-12+. The van der Waals surface area contributed by atoms with Gasteiger partial charge in [-0.05, 0) is 68.7 Å². The van der Waals surface area contributed by atoms with Gasteiger partial charge in [0.1, 0.15) is 28.6 Å². The summed E-state index contributed by atoms with van der Waals surface area (Å²) >= 11 is 0. The van der Waals surface area contributed by atoms with E-state index in [4.69, 9.17) is 9.47 Å². The van der Waals surface area contributed by atoms with Crippen molar-refractivity contribution in [2.45, 2.75) is 27.7 Å². The molecule has 0 aliphatic heterocycles. The normalized spacial score (nSPS) is 11.2. The molecule has 0 amide bonds. The van der Waals surface area contributed by atoms with Gasteiger partial charge in [0.2, 0.25) is 5.88 Å². The van der Waals surface area contributed by atoms with Gasteiger partial charge in [-0.2, -0.15) is 10.2 Å². The van der Waals surface area contributed by atoms with Gasteiger partial charge in [0.15, 0.2) is 0 Å². The molecule has 7 nitrogen and oxygen atoms in total. The van der Waals surface area contributed by atoms with E-state index >= 15 is 0 Å². The first-order valence-corrected chi connectivity index (χ1v) is 9.41. The molecule has 2 heterocycles. The van der Waals surface area contributed by atoms with Crippen LogP contribution in [0.1, 0.15) is 29.2 Å². The number of pyridine rings is 1. The summed E-state index contributed by atoms with van der Waals surface area (Å²) in [6.07, 6.45) is 2.74. The first kappa shape index (κ1) is 20.8. The third-order valence-corrected chi connectivity index (χ3v) is 4.36. The van der Waals surface area contributed by atoms with Gasteiger partial charge < -0.3 is 9.47 Å². The predicted octanol–water partition coefficient (Wildman–Crippen LogP) is 3.88. The average molecular weight is 403 g/mol. The molecular formula is C23H21N3O4. The fourth-order valence-corrected chi connectivity index (χ4v) is 3.09. The van der Waals surface area contributed by atoms with Crippen molar-refractivity contribution in [3.8, 4) is 17.7 Å². The van der Waals surface area contributed by atoms with Crippen LogP contribution in [0.4, 0.5) is 0 Å². The summed E-state index contributed by atoms with van der Waals surface area (Å²) in [5.41, 5.74) is 2.39. The van der Waals surface area contributed by atoms with E-state index in [9.17, 15) is 14.9 Å². The highest BCUT2D eigenvalue weighted by molar-refractivity contribution is 5.98. The molecule has 3 rings (SSSR count). The maximum atomic E-state index is 13.2. The molecule has 0 radical (unpaired) electrons. The molecule has 0 fully saturated rings. The summed E-state index contributed by atoms with van der Waals surface area (Å²) in [5.74, 6) is -0.302. The highest BCUT2D eigenvalue weighted by atomic mass is 16.5. The van der Waals surface area contributed by atoms with Crippen LogP contribution in [0.2, 0.25) is 0 Å². The summed E-state index contributed by atoms with van der Waals surface area (Å²) in [5, 5.41) is 9.40. The molecule has 30 heavy (non-hydrogen) atoms. The second-order valence-electron chi connectivity index (χ2n) is 6.84. The second-order valence-corrected chi connectivity index (χ2v) is 6.84. The van der Waals surface area contributed by atoms with E-state index in [0.29, 0.717) is 11.4 Å². The minimum atomic E-state index is -0.814. The SMILES string of the molecule is CCOC(=O)/C(C#N)=C/c1c(Oc2cc(C)cc(C)c2)nc2c(C)cccn2c1=O. The quantitative estimate of drug-likeness (QED) is 0.365. The van der Waals surface area contributed by atoms with Crippen LogP contribution >= 0.6 is 0 Å². The Labute approximate surface area is 173 Å². The topological polar surface area (TPSA) is 93.7 Å². The molecule has 0 unspecified atom stereocenters. The van der Waals surface area contributed by atoms with Crippen LogP contribution in [0, 0.1) is 32.1 Å². The Morgan fingerprint density at radius 3 is 2.57 bits per heavy atom. The monoisotopic (exact) mass is 403 g/mol. The molecule has 2 aromatic heterocycles.